The second kappa shape index (κ2) is 9.45. The van der Waals surface area contributed by atoms with Crippen molar-refractivity contribution >= 4 is 17.5 Å². The number of carbonyl (C=O) groups excluding carboxylic acids is 2. The Hall–Kier alpha value is -3.03. The van der Waals surface area contributed by atoms with Crippen LogP contribution < -0.4 is 15.4 Å². The molecule has 176 valence electrons. The van der Waals surface area contributed by atoms with Gasteiger partial charge in [-0.3, -0.25) is 9.59 Å². The van der Waals surface area contributed by atoms with Crippen LogP contribution in [0, 0.1) is 17.8 Å². The van der Waals surface area contributed by atoms with Gasteiger partial charge in [-0.15, -0.1) is 0 Å². The fraction of sp³-hybridized carbons (Fsp3) is 0.440. The van der Waals surface area contributed by atoms with Crippen molar-refractivity contribution in [2.45, 2.75) is 44.8 Å². The number of alkyl halides is 3. The highest BCUT2D eigenvalue weighted by Gasteiger charge is 2.42. The first-order valence-corrected chi connectivity index (χ1v) is 11.2. The molecule has 2 aliphatic carbocycles. The van der Waals surface area contributed by atoms with E-state index in [1.165, 1.54) is 31.4 Å². The van der Waals surface area contributed by atoms with Crippen molar-refractivity contribution in [2.24, 2.45) is 17.8 Å². The van der Waals surface area contributed by atoms with E-state index < -0.39 is 24.3 Å². The maximum absolute atomic E-state index is 12.9. The van der Waals surface area contributed by atoms with Gasteiger partial charge in [-0.05, 0) is 74.3 Å². The quantitative estimate of drug-likeness (QED) is 0.591. The third-order valence-electron chi connectivity index (χ3n) is 6.76. The molecule has 0 spiro atoms. The molecule has 4 atom stereocenters. The molecule has 4 rings (SSSR count). The number of amides is 2. The number of hydrogen-bond donors (Lipinski definition) is 2. The summed E-state index contributed by atoms with van der Waals surface area (Å²) >= 11 is 0. The van der Waals surface area contributed by atoms with Gasteiger partial charge in [-0.2, -0.15) is 13.2 Å². The fourth-order valence-corrected chi connectivity index (χ4v) is 5.19. The maximum Gasteiger partial charge on any atom is 0.416 e. The average molecular weight is 460 g/mol. The van der Waals surface area contributed by atoms with Gasteiger partial charge in [0.2, 0.25) is 0 Å². The number of rotatable bonds is 7. The zero-order valence-electron chi connectivity index (χ0n) is 18.3. The summed E-state index contributed by atoms with van der Waals surface area (Å²) in [6.07, 6.45) is 0.432. The molecule has 2 saturated carbocycles. The molecular formula is C25H27F3N2O3. The van der Waals surface area contributed by atoms with Gasteiger partial charge in [0.05, 0.1) is 11.1 Å². The van der Waals surface area contributed by atoms with Crippen molar-refractivity contribution in [2.75, 3.05) is 11.9 Å². The number of nitrogens with one attached hydrogen (secondary N) is 2. The Kier molecular flexibility index (Phi) is 6.63. The van der Waals surface area contributed by atoms with Crippen LogP contribution in [0.1, 0.15) is 48.5 Å². The van der Waals surface area contributed by atoms with Crippen LogP contribution in [-0.2, 0) is 11.0 Å². The van der Waals surface area contributed by atoms with E-state index >= 15 is 0 Å². The highest BCUT2D eigenvalue weighted by Crippen LogP contribution is 2.49. The van der Waals surface area contributed by atoms with Gasteiger partial charge in [0, 0.05) is 11.7 Å². The molecule has 2 fully saturated rings. The fourth-order valence-electron chi connectivity index (χ4n) is 5.19. The molecule has 2 aromatic rings. The minimum atomic E-state index is -4.50. The summed E-state index contributed by atoms with van der Waals surface area (Å²) in [5, 5.41) is 5.48. The van der Waals surface area contributed by atoms with E-state index in [0.29, 0.717) is 17.4 Å². The molecule has 0 aromatic heterocycles. The molecule has 0 radical (unpaired) electrons. The predicted octanol–water partition coefficient (Wildman–Crippen LogP) is 5.28. The lowest BCUT2D eigenvalue weighted by atomic mass is 9.84. The summed E-state index contributed by atoms with van der Waals surface area (Å²) < 4.78 is 44.1. The van der Waals surface area contributed by atoms with E-state index in [1.54, 1.807) is 24.3 Å². The average Bonchev–Trinajstić information content (AvgIpc) is 3.41. The summed E-state index contributed by atoms with van der Waals surface area (Å²) in [7, 11) is 0. The number of halogens is 3. The Labute approximate surface area is 190 Å². The summed E-state index contributed by atoms with van der Waals surface area (Å²) in [5.74, 6) is 1.30. The molecule has 2 bridgehead atoms. The van der Waals surface area contributed by atoms with Crippen LogP contribution in [0.2, 0.25) is 0 Å². The highest BCUT2D eigenvalue weighted by molar-refractivity contribution is 5.97. The number of para-hydroxylation sites is 1. The van der Waals surface area contributed by atoms with Gasteiger partial charge in [-0.25, -0.2) is 0 Å². The monoisotopic (exact) mass is 460 g/mol. The predicted molar refractivity (Wildman–Crippen MR) is 118 cm³/mol. The number of ether oxygens (including phenoxy) is 1. The molecule has 2 aliphatic rings. The minimum absolute atomic E-state index is 0.0177. The van der Waals surface area contributed by atoms with Crippen LogP contribution in [0.3, 0.4) is 0 Å². The van der Waals surface area contributed by atoms with Crippen molar-refractivity contribution in [3.63, 3.8) is 0 Å². The van der Waals surface area contributed by atoms with Crippen molar-refractivity contribution < 1.29 is 27.5 Å². The lowest BCUT2D eigenvalue weighted by Gasteiger charge is -2.28. The first-order chi connectivity index (χ1) is 15.7. The molecule has 8 heteroatoms. The van der Waals surface area contributed by atoms with Gasteiger partial charge < -0.3 is 15.4 Å². The Morgan fingerprint density at radius 3 is 2.58 bits per heavy atom. The molecule has 2 amide bonds. The van der Waals surface area contributed by atoms with Crippen LogP contribution in [0.25, 0.3) is 0 Å². The van der Waals surface area contributed by atoms with E-state index in [9.17, 15) is 22.8 Å². The van der Waals surface area contributed by atoms with Gasteiger partial charge >= 0.3 is 6.18 Å². The summed E-state index contributed by atoms with van der Waals surface area (Å²) in [6, 6.07) is 11.0. The number of fused-ring (bicyclic) bond motifs is 2. The highest BCUT2D eigenvalue weighted by atomic mass is 19.4. The first kappa shape index (κ1) is 23.1. The Bertz CT molecular complexity index is 1020. The molecule has 0 saturated heterocycles. The topological polar surface area (TPSA) is 67.4 Å². The van der Waals surface area contributed by atoms with Gasteiger partial charge in [0.15, 0.2) is 6.61 Å². The molecule has 0 aliphatic heterocycles. The SMILES string of the molecule is C[C@H](NC(=O)c1ccccc1OCC(=O)Nc1cccc(C(F)(F)F)c1)[C@H]1C[C@@H]2CC[C@@H]1C2. The Balaban J connectivity index is 1.34. The number of carbonyl (C=O) groups is 2. The molecule has 2 aromatic carbocycles. The van der Waals surface area contributed by atoms with Crippen molar-refractivity contribution in [1.82, 2.24) is 5.32 Å². The lowest BCUT2D eigenvalue weighted by molar-refractivity contribution is -0.137. The second-order valence-electron chi connectivity index (χ2n) is 9.01. The second-order valence-corrected chi connectivity index (χ2v) is 9.01. The minimum Gasteiger partial charge on any atom is -0.483 e. The van der Waals surface area contributed by atoms with Crippen LogP contribution >= 0.6 is 0 Å². The van der Waals surface area contributed by atoms with Gasteiger partial charge in [0.1, 0.15) is 5.75 Å². The number of hydrogen-bond acceptors (Lipinski definition) is 3. The van der Waals surface area contributed by atoms with E-state index in [1.807, 2.05) is 6.92 Å². The zero-order chi connectivity index (χ0) is 23.6. The van der Waals surface area contributed by atoms with Gasteiger partial charge in [0.25, 0.3) is 11.8 Å². The van der Waals surface area contributed by atoms with E-state index in [-0.39, 0.29) is 23.4 Å². The normalized spacial score (nSPS) is 22.6. The van der Waals surface area contributed by atoms with Crippen molar-refractivity contribution in [3.05, 3.63) is 59.7 Å². The van der Waals surface area contributed by atoms with Crippen molar-refractivity contribution in [3.8, 4) is 5.75 Å². The maximum atomic E-state index is 12.9. The molecule has 2 N–H and O–H groups in total. The van der Waals surface area contributed by atoms with Gasteiger partial charge in [-0.1, -0.05) is 24.6 Å². The summed E-state index contributed by atoms with van der Waals surface area (Å²) in [5.41, 5.74) is -0.517. The largest absolute Gasteiger partial charge is 0.483 e. The zero-order valence-corrected chi connectivity index (χ0v) is 18.3. The molecule has 0 heterocycles. The van der Waals surface area contributed by atoms with E-state index in [0.717, 1.165) is 24.5 Å². The van der Waals surface area contributed by atoms with Crippen LogP contribution in [0.4, 0.5) is 18.9 Å². The molecule has 0 unspecified atom stereocenters. The third kappa shape index (κ3) is 5.49. The number of benzene rings is 2. The molecule has 5 nitrogen and oxygen atoms in total. The van der Waals surface area contributed by atoms with E-state index in [2.05, 4.69) is 10.6 Å². The lowest BCUT2D eigenvalue weighted by Crippen LogP contribution is -2.40. The summed E-state index contributed by atoms with van der Waals surface area (Å²) in [6.45, 7) is 1.59. The number of anilines is 1. The smallest absolute Gasteiger partial charge is 0.416 e. The standard InChI is InChI=1S/C25H27F3N2O3/c1-15(21-12-16-9-10-17(21)11-16)29-24(32)20-7-2-3-8-22(20)33-14-23(31)30-19-6-4-5-18(13-19)25(26,27)28/h2-8,13,15-17,21H,9-12,14H2,1H3,(H,29,32)(H,30,31)/t15-,16+,17+,21+/m0/s1. The molecule has 33 heavy (non-hydrogen) atoms. The van der Waals surface area contributed by atoms with Crippen LogP contribution in [-0.4, -0.2) is 24.5 Å². The summed E-state index contributed by atoms with van der Waals surface area (Å²) in [4.78, 5) is 25.1. The Morgan fingerprint density at radius 1 is 1.09 bits per heavy atom. The molecular weight excluding hydrogens is 433 g/mol. The van der Waals surface area contributed by atoms with Crippen molar-refractivity contribution in [1.29, 1.82) is 0 Å². The van der Waals surface area contributed by atoms with E-state index in [4.69, 9.17) is 4.74 Å². The van der Waals surface area contributed by atoms with Crippen LogP contribution in [0.5, 0.6) is 5.75 Å². The first-order valence-electron chi connectivity index (χ1n) is 11.2. The third-order valence-corrected chi connectivity index (χ3v) is 6.76. The Morgan fingerprint density at radius 2 is 1.88 bits per heavy atom. The van der Waals surface area contributed by atoms with Crippen LogP contribution in [0.15, 0.2) is 48.5 Å².